The van der Waals surface area contributed by atoms with Crippen LogP contribution in [0.5, 0.6) is 0 Å². The summed E-state index contributed by atoms with van der Waals surface area (Å²) in [7, 11) is 0. The number of carbonyl (C=O) groups is 1. The lowest BCUT2D eigenvalue weighted by molar-refractivity contribution is 0.0692. The number of halogens is 1. The molecule has 0 unspecified atom stereocenters. The Morgan fingerprint density at radius 3 is 2.86 bits per heavy atom. The third kappa shape index (κ3) is 1.70. The summed E-state index contributed by atoms with van der Waals surface area (Å²) in [6.07, 6.45) is 0. The van der Waals surface area contributed by atoms with Crippen molar-refractivity contribution in [2.24, 2.45) is 0 Å². The van der Waals surface area contributed by atoms with E-state index in [1.165, 1.54) is 11.3 Å². The molecule has 14 heavy (non-hydrogen) atoms. The summed E-state index contributed by atoms with van der Waals surface area (Å²) in [5.41, 5.74) is 0.461. The van der Waals surface area contributed by atoms with Crippen molar-refractivity contribution in [2.45, 2.75) is 0 Å². The lowest BCUT2D eigenvalue weighted by Crippen LogP contribution is -1.98. The second-order valence-corrected chi connectivity index (χ2v) is 4.75. The van der Waals surface area contributed by atoms with E-state index < -0.39 is 5.97 Å². The van der Waals surface area contributed by atoms with Gasteiger partial charge in [0.15, 0.2) is 5.69 Å². The quantitative estimate of drug-likeness (QED) is 0.924. The van der Waals surface area contributed by atoms with Gasteiger partial charge in [-0.2, -0.15) is 8.75 Å². The average Bonchev–Trinajstić information content (AvgIpc) is 2.70. The number of aromatic carboxylic acids is 1. The van der Waals surface area contributed by atoms with Crippen LogP contribution in [0.15, 0.2) is 15.9 Å². The van der Waals surface area contributed by atoms with Crippen molar-refractivity contribution >= 4 is 45.0 Å². The van der Waals surface area contributed by atoms with Crippen molar-refractivity contribution in [3.8, 4) is 10.6 Å². The maximum atomic E-state index is 10.8. The fraction of sp³-hybridized carbons (Fsp3) is 0. The van der Waals surface area contributed by atoms with Crippen molar-refractivity contribution in [1.29, 1.82) is 0 Å². The number of rotatable bonds is 2. The van der Waals surface area contributed by atoms with E-state index in [1.54, 1.807) is 0 Å². The molecule has 0 aliphatic heterocycles. The van der Waals surface area contributed by atoms with Crippen LogP contribution in [0.2, 0.25) is 0 Å². The van der Waals surface area contributed by atoms with E-state index in [0.717, 1.165) is 21.1 Å². The van der Waals surface area contributed by atoms with Gasteiger partial charge in [-0.25, -0.2) is 4.79 Å². The Bertz CT molecular complexity index is 479. The van der Waals surface area contributed by atoms with E-state index in [9.17, 15) is 4.79 Å². The summed E-state index contributed by atoms with van der Waals surface area (Å²) in [5.74, 6) is -1.04. The average molecular weight is 291 g/mol. The zero-order valence-corrected chi connectivity index (χ0v) is 9.82. The zero-order valence-electron chi connectivity index (χ0n) is 6.60. The molecule has 0 radical (unpaired) electrons. The third-order valence-electron chi connectivity index (χ3n) is 1.49. The van der Waals surface area contributed by atoms with E-state index >= 15 is 0 Å². The number of carboxylic acids is 1. The third-order valence-corrected chi connectivity index (χ3v) is 3.72. The molecule has 0 bridgehead atoms. The summed E-state index contributed by atoms with van der Waals surface area (Å²) in [5, 5.41) is 10.7. The van der Waals surface area contributed by atoms with Crippen LogP contribution in [0, 0.1) is 0 Å². The first kappa shape index (κ1) is 9.75. The van der Waals surface area contributed by atoms with E-state index in [1.807, 2.05) is 11.4 Å². The minimum atomic E-state index is -1.04. The monoisotopic (exact) mass is 290 g/mol. The predicted octanol–water partition coefficient (Wildman–Crippen LogP) is 2.73. The van der Waals surface area contributed by atoms with Crippen LogP contribution in [0.3, 0.4) is 0 Å². The largest absolute Gasteiger partial charge is 0.476 e. The second-order valence-electron chi connectivity index (χ2n) is 2.40. The first-order valence-corrected chi connectivity index (χ1v) is 5.89. The summed E-state index contributed by atoms with van der Waals surface area (Å²) >= 11 is 5.64. The van der Waals surface area contributed by atoms with Crippen LogP contribution in [-0.2, 0) is 0 Å². The smallest absolute Gasteiger partial charge is 0.358 e. The normalized spacial score (nSPS) is 10.4. The number of hydrogen-bond acceptors (Lipinski definition) is 5. The van der Waals surface area contributed by atoms with Crippen LogP contribution in [0.1, 0.15) is 10.5 Å². The molecular weight excluding hydrogens is 288 g/mol. The Hall–Kier alpha value is -0.790. The van der Waals surface area contributed by atoms with Gasteiger partial charge in [0.1, 0.15) is 5.69 Å². The van der Waals surface area contributed by atoms with Gasteiger partial charge in [-0.1, -0.05) is 0 Å². The maximum absolute atomic E-state index is 10.8. The SMILES string of the molecule is O=C(O)c1nsnc1-c1cc(Br)cs1. The Morgan fingerprint density at radius 2 is 2.29 bits per heavy atom. The van der Waals surface area contributed by atoms with Crippen molar-refractivity contribution in [1.82, 2.24) is 8.75 Å². The molecule has 1 N–H and O–H groups in total. The van der Waals surface area contributed by atoms with E-state index in [4.69, 9.17) is 5.11 Å². The van der Waals surface area contributed by atoms with Crippen molar-refractivity contribution in [3.63, 3.8) is 0 Å². The maximum Gasteiger partial charge on any atom is 0.358 e. The Kier molecular flexibility index (Phi) is 2.62. The fourth-order valence-electron chi connectivity index (χ4n) is 0.928. The number of carboxylic acid groups (broad SMARTS) is 1. The molecule has 0 aliphatic carbocycles. The molecule has 0 aliphatic rings. The topological polar surface area (TPSA) is 63.1 Å². The molecule has 0 amide bonds. The first-order chi connectivity index (χ1) is 6.68. The van der Waals surface area contributed by atoms with E-state index in [-0.39, 0.29) is 5.69 Å². The molecule has 0 saturated carbocycles. The van der Waals surface area contributed by atoms with Crippen molar-refractivity contribution in [2.75, 3.05) is 0 Å². The molecule has 0 saturated heterocycles. The standard InChI is InChI=1S/C7H3BrN2O2S2/c8-3-1-4(13-2-3)5-6(7(11)12)10-14-9-5/h1-2H,(H,11,12). The molecule has 0 atom stereocenters. The highest BCUT2D eigenvalue weighted by Crippen LogP contribution is 2.30. The highest BCUT2D eigenvalue weighted by molar-refractivity contribution is 9.10. The summed E-state index contributed by atoms with van der Waals surface area (Å²) in [6, 6.07) is 1.83. The number of nitrogens with zero attached hydrogens (tertiary/aromatic N) is 2. The summed E-state index contributed by atoms with van der Waals surface area (Å²) < 4.78 is 8.60. The summed E-state index contributed by atoms with van der Waals surface area (Å²) in [4.78, 5) is 11.6. The lowest BCUT2D eigenvalue weighted by Gasteiger charge is -1.90. The van der Waals surface area contributed by atoms with Gasteiger partial charge >= 0.3 is 5.97 Å². The first-order valence-electron chi connectivity index (χ1n) is 3.48. The molecule has 2 heterocycles. The lowest BCUT2D eigenvalue weighted by atomic mass is 10.3. The Morgan fingerprint density at radius 1 is 1.50 bits per heavy atom. The highest BCUT2D eigenvalue weighted by Gasteiger charge is 2.17. The molecular formula is C7H3BrN2O2S2. The van der Waals surface area contributed by atoms with Gasteiger partial charge in [-0.3, -0.25) is 0 Å². The van der Waals surface area contributed by atoms with Gasteiger partial charge in [0.25, 0.3) is 0 Å². The molecule has 2 aromatic rings. The molecule has 0 spiro atoms. The van der Waals surface area contributed by atoms with Gasteiger partial charge in [-0.05, 0) is 22.0 Å². The van der Waals surface area contributed by atoms with Crippen LogP contribution >= 0.6 is 39.0 Å². The number of hydrogen-bond donors (Lipinski definition) is 1. The van der Waals surface area contributed by atoms with Gasteiger partial charge in [0.2, 0.25) is 0 Å². The summed E-state index contributed by atoms with van der Waals surface area (Å²) in [6.45, 7) is 0. The Labute approximate surface area is 95.7 Å². The van der Waals surface area contributed by atoms with Crippen molar-refractivity contribution in [3.05, 3.63) is 21.6 Å². The highest BCUT2D eigenvalue weighted by atomic mass is 79.9. The van der Waals surface area contributed by atoms with Gasteiger partial charge < -0.3 is 5.11 Å². The van der Waals surface area contributed by atoms with Crippen molar-refractivity contribution < 1.29 is 9.90 Å². The number of aromatic nitrogens is 2. The molecule has 2 rings (SSSR count). The van der Waals surface area contributed by atoms with E-state index in [2.05, 4.69) is 24.7 Å². The molecule has 72 valence electrons. The molecule has 4 nitrogen and oxygen atoms in total. The fourth-order valence-corrected chi connectivity index (χ4v) is 2.96. The van der Waals surface area contributed by atoms with Gasteiger partial charge in [0.05, 0.1) is 16.6 Å². The van der Waals surface area contributed by atoms with Gasteiger partial charge in [-0.15, -0.1) is 11.3 Å². The minimum absolute atomic E-state index is 0.0179. The second kappa shape index (κ2) is 3.76. The molecule has 7 heteroatoms. The predicted molar refractivity (Wildman–Crippen MR) is 57.9 cm³/mol. The van der Waals surface area contributed by atoms with Crippen LogP contribution < -0.4 is 0 Å². The van der Waals surface area contributed by atoms with Crippen LogP contribution in [0.25, 0.3) is 10.6 Å². The molecule has 0 fully saturated rings. The number of thiophene rings is 1. The minimum Gasteiger partial charge on any atom is -0.476 e. The Balaban J connectivity index is 2.51. The zero-order chi connectivity index (χ0) is 10.1. The van der Waals surface area contributed by atoms with E-state index in [0.29, 0.717) is 5.69 Å². The molecule has 0 aromatic carbocycles. The van der Waals surface area contributed by atoms with Crippen LogP contribution in [0.4, 0.5) is 0 Å². The molecule has 2 aromatic heterocycles. The van der Waals surface area contributed by atoms with Crippen LogP contribution in [-0.4, -0.2) is 19.8 Å². The van der Waals surface area contributed by atoms with Gasteiger partial charge in [0, 0.05) is 9.85 Å².